The third kappa shape index (κ3) is 2.49. The maximum atomic E-state index is 12.8. The zero-order valence-corrected chi connectivity index (χ0v) is 8.33. The lowest BCUT2D eigenvalue weighted by Gasteiger charge is -1.98. The number of aryl methyl sites for hydroxylation is 1. The molecule has 0 saturated carbocycles. The van der Waals surface area contributed by atoms with Crippen LogP contribution in [0.3, 0.4) is 0 Å². The van der Waals surface area contributed by atoms with Gasteiger partial charge in [-0.25, -0.2) is 4.39 Å². The van der Waals surface area contributed by atoms with Gasteiger partial charge in [-0.05, 0) is 45.8 Å². The molecule has 60 valence electrons. The van der Waals surface area contributed by atoms with Crippen molar-refractivity contribution in [3.63, 3.8) is 0 Å². The van der Waals surface area contributed by atoms with Gasteiger partial charge in [0, 0.05) is 0 Å². The van der Waals surface area contributed by atoms with E-state index in [9.17, 15) is 4.39 Å². The molecule has 0 nitrogen and oxygen atoms in total. The molecule has 0 atom stereocenters. The Kier molecular flexibility index (Phi) is 3.40. The van der Waals surface area contributed by atoms with E-state index < -0.39 is 0 Å². The van der Waals surface area contributed by atoms with E-state index in [4.69, 9.17) is 0 Å². The highest BCUT2D eigenvalue weighted by molar-refractivity contribution is 9.10. The molecule has 11 heavy (non-hydrogen) atoms. The summed E-state index contributed by atoms with van der Waals surface area (Å²) in [4.78, 5) is 0. The molecular weight excluding hydrogens is 227 g/mol. The zero-order chi connectivity index (χ0) is 8.27. The van der Waals surface area contributed by atoms with E-state index in [-0.39, 0.29) is 5.82 Å². The highest BCUT2D eigenvalue weighted by Crippen LogP contribution is 2.16. The normalized spacial score (nSPS) is 10.1. The monoisotopic (exact) mass is 234 g/mol. The van der Waals surface area contributed by atoms with Crippen molar-refractivity contribution >= 4 is 28.6 Å². The van der Waals surface area contributed by atoms with Crippen LogP contribution in [0, 0.1) is 5.82 Å². The van der Waals surface area contributed by atoms with Gasteiger partial charge in [0.15, 0.2) is 0 Å². The lowest BCUT2D eigenvalue weighted by atomic mass is 10.2. The summed E-state index contributed by atoms with van der Waals surface area (Å²) < 4.78 is 13.3. The average molecular weight is 235 g/mol. The first-order valence-corrected chi connectivity index (χ1v) is 4.71. The molecule has 1 aromatic rings. The van der Waals surface area contributed by atoms with Crippen LogP contribution in [0.25, 0.3) is 0 Å². The van der Waals surface area contributed by atoms with E-state index in [1.165, 1.54) is 6.07 Å². The zero-order valence-electron chi connectivity index (χ0n) is 5.85. The summed E-state index contributed by atoms with van der Waals surface area (Å²) >= 11 is 7.14. The van der Waals surface area contributed by atoms with Gasteiger partial charge in [-0.3, -0.25) is 0 Å². The molecule has 0 N–H and O–H groups in total. The van der Waals surface area contributed by atoms with Gasteiger partial charge in [0.1, 0.15) is 5.82 Å². The van der Waals surface area contributed by atoms with E-state index in [2.05, 4.69) is 28.6 Å². The van der Waals surface area contributed by atoms with Crippen molar-refractivity contribution in [3.05, 3.63) is 34.1 Å². The van der Waals surface area contributed by atoms with E-state index >= 15 is 0 Å². The summed E-state index contributed by atoms with van der Waals surface area (Å²) in [6.07, 6.45) is 0.813. The molecule has 0 bridgehead atoms. The minimum absolute atomic E-state index is 0.204. The van der Waals surface area contributed by atoms with Gasteiger partial charge in [-0.1, -0.05) is 6.07 Å². The number of rotatable bonds is 2. The van der Waals surface area contributed by atoms with Gasteiger partial charge in [0.05, 0.1) is 4.47 Å². The molecule has 0 aliphatic carbocycles. The first kappa shape index (κ1) is 9.07. The Morgan fingerprint density at radius 3 is 2.73 bits per heavy atom. The van der Waals surface area contributed by atoms with Crippen LogP contribution in [0.15, 0.2) is 22.7 Å². The van der Waals surface area contributed by atoms with Crippen molar-refractivity contribution in [2.45, 2.75) is 6.42 Å². The van der Waals surface area contributed by atoms with Crippen LogP contribution in [-0.4, -0.2) is 5.75 Å². The molecule has 0 spiro atoms. The van der Waals surface area contributed by atoms with Crippen LogP contribution in [0.4, 0.5) is 4.39 Å². The Morgan fingerprint density at radius 2 is 2.18 bits per heavy atom. The first-order chi connectivity index (χ1) is 5.24. The van der Waals surface area contributed by atoms with Crippen LogP contribution < -0.4 is 0 Å². The summed E-state index contributed by atoms with van der Waals surface area (Å²) in [6, 6.07) is 5.14. The highest BCUT2D eigenvalue weighted by Gasteiger charge is 1.98. The predicted octanol–water partition coefficient (Wildman–Crippen LogP) is 3.06. The molecule has 0 aliphatic rings. The van der Waals surface area contributed by atoms with Crippen molar-refractivity contribution in [2.24, 2.45) is 0 Å². The smallest absolute Gasteiger partial charge is 0.137 e. The fraction of sp³-hybridized carbons (Fsp3) is 0.250. The fourth-order valence-electron chi connectivity index (χ4n) is 0.824. The molecule has 0 radical (unpaired) electrons. The van der Waals surface area contributed by atoms with E-state index in [0.717, 1.165) is 17.7 Å². The van der Waals surface area contributed by atoms with Crippen LogP contribution >= 0.6 is 28.6 Å². The molecule has 0 heterocycles. The standard InChI is InChI=1S/C8H8BrFS/c9-7-2-1-6(3-4-11)5-8(7)10/h1-2,5,11H,3-4H2. The number of benzene rings is 1. The van der Waals surface area contributed by atoms with E-state index in [0.29, 0.717) is 4.47 Å². The molecule has 0 saturated heterocycles. The summed E-state index contributed by atoms with van der Waals surface area (Å²) in [6.45, 7) is 0. The Labute approximate surface area is 79.3 Å². The quantitative estimate of drug-likeness (QED) is 0.748. The SMILES string of the molecule is Fc1cc(CCS)ccc1Br. The van der Waals surface area contributed by atoms with E-state index in [1.807, 2.05) is 6.07 Å². The van der Waals surface area contributed by atoms with Gasteiger partial charge in [0.25, 0.3) is 0 Å². The topological polar surface area (TPSA) is 0 Å². The van der Waals surface area contributed by atoms with Gasteiger partial charge in [-0.2, -0.15) is 12.6 Å². The molecule has 0 fully saturated rings. The van der Waals surface area contributed by atoms with Gasteiger partial charge in [-0.15, -0.1) is 0 Å². The maximum Gasteiger partial charge on any atom is 0.137 e. The van der Waals surface area contributed by atoms with Gasteiger partial charge in [0.2, 0.25) is 0 Å². The van der Waals surface area contributed by atoms with Crippen molar-refractivity contribution in [3.8, 4) is 0 Å². The van der Waals surface area contributed by atoms with Crippen molar-refractivity contribution in [1.29, 1.82) is 0 Å². The molecule has 1 aromatic carbocycles. The summed E-state index contributed by atoms with van der Waals surface area (Å²) in [5.74, 6) is 0.547. The third-order valence-corrected chi connectivity index (χ3v) is 2.25. The minimum Gasteiger partial charge on any atom is -0.206 e. The summed E-state index contributed by atoms with van der Waals surface area (Å²) in [7, 11) is 0. The van der Waals surface area contributed by atoms with Crippen LogP contribution in [0.2, 0.25) is 0 Å². The second-order valence-electron chi connectivity index (χ2n) is 2.22. The molecule has 0 amide bonds. The predicted molar refractivity (Wildman–Crippen MR) is 51.7 cm³/mol. The van der Waals surface area contributed by atoms with Crippen LogP contribution in [0.1, 0.15) is 5.56 Å². The molecule has 0 aromatic heterocycles. The minimum atomic E-state index is -0.204. The Balaban J connectivity index is 2.86. The molecule has 1 rings (SSSR count). The van der Waals surface area contributed by atoms with Gasteiger partial charge < -0.3 is 0 Å². The lowest BCUT2D eigenvalue weighted by Crippen LogP contribution is -1.87. The lowest BCUT2D eigenvalue weighted by molar-refractivity contribution is 0.619. The molecular formula is C8H8BrFS. The first-order valence-electron chi connectivity index (χ1n) is 3.29. The molecule has 3 heteroatoms. The second kappa shape index (κ2) is 4.12. The molecule has 0 unspecified atom stereocenters. The van der Waals surface area contributed by atoms with Crippen molar-refractivity contribution in [1.82, 2.24) is 0 Å². The van der Waals surface area contributed by atoms with Crippen molar-refractivity contribution < 1.29 is 4.39 Å². The highest BCUT2D eigenvalue weighted by atomic mass is 79.9. The number of hydrogen-bond acceptors (Lipinski definition) is 1. The van der Waals surface area contributed by atoms with Crippen LogP contribution in [-0.2, 0) is 6.42 Å². The fourth-order valence-corrected chi connectivity index (χ4v) is 1.33. The molecule has 0 aliphatic heterocycles. The summed E-state index contributed by atoms with van der Waals surface area (Å²) in [5, 5.41) is 0. The summed E-state index contributed by atoms with van der Waals surface area (Å²) in [5.41, 5.74) is 0.987. The number of thiol groups is 1. The number of hydrogen-bond donors (Lipinski definition) is 1. The number of halogens is 2. The largest absolute Gasteiger partial charge is 0.206 e. The van der Waals surface area contributed by atoms with E-state index in [1.54, 1.807) is 6.07 Å². The van der Waals surface area contributed by atoms with Crippen LogP contribution in [0.5, 0.6) is 0 Å². The Bertz CT molecular complexity index is 250. The second-order valence-corrected chi connectivity index (χ2v) is 3.52. The maximum absolute atomic E-state index is 12.8. The average Bonchev–Trinajstić information content (AvgIpc) is 1.98. The van der Waals surface area contributed by atoms with Gasteiger partial charge >= 0.3 is 0 Å². The third-order valence-electron chi connectivity index (χ3n) is 1.38. The van der Waals surface area contributed by atoms with Crippen molar-refractivity contribution in [2.75, 3.05) is 5.75 Å². The Morgan fingerprint density at radius 1 is 1.45 bits per heavy atom. The Hall–Kier alpha value is -0.0200.